The predicted molar refractivity (Wildman–Crippen MR) is 72.8 cm³/mol. The minimum atomic E-state index is -0.616. The number of aromatic nitrogens is 4. The number of hydrogen-bond acceptors (Lipinski definition) is 5. The molecule has 0 saturated heterocycles. The number of nitrogens with one attached hydrogen (secondary N) is 2. The van der Waals surface area contributed by atoms with Gasteiger partial charge >= 0.3 is 0 Å². The lowest BCUT2D eigenvalue weighted by Crippen LogP contribution is -2.22. The molecule has 1 amide bonds. The first-order chi connectivity index (χ1) is 9.72. The number of nitrogens with zero attached hydrogens (tertiary/aromatic N) is 3. The highest BCUT2D eigenvalue weighted by atomic mass is 16.2. The van der Waals surface area contributed by atoms with Gasteiger partial charge in [-0.25, -0.2) is 0 Å². The van der Waals surface area contributed by atoms with Gasteiger partial charge in [-0.3, -0.25) is 9.59 Å². The predicted octanol–water partition coefficient (Wildman–Crippen LogP) is 1.56. The lowest BCUT2D eigenvalue weighted by Gasteiger charge is -2.07. The summed E-state index contributed by atoms with van der Waals surface area (Å²) in [4.78, 5) is 23.5. The fraction of sp³-hybridized carbons (Fsp3) is 0.308. The van der Waals surface area contributed by atoms with Crippen molar-refractivity contribution in [1.29, 1.82) is 0 Å². The van der Waals surface area contributed by atoms with Crippen LogP contribution in [0.3, 0.4) is 0 Å². The molecule has 0 radical (unpaired) electrons. The number of unbranched alkanes of at least 4 members (excludes halogenated alkanes) is 1. The van der Waals surface area contributed by atoms with Crippen LogP contribution in [0.25, 0.3) is 11.4 Å². The Morgan fingerprint density at radius 3 is 2.80 bits per heavy atom. The third-order valence-electron chi connectivity index (χ3n) is 2.77. The summed E-state index contributed by atoms with van der Waals surface area (Å²) < 4.78 is 0. The van der Waals surface area contributed by atoms with Crippen LogP contribution < -0.4 is 5.32 Å². The first kappa shape index (κ1) is 13.9. The van der Waals surface area contributed by atoms with Crippen molar-refractivity contribution < 1.29 is 9.59 Å². The van der Waals surface area contributed by atoms with Gasteiger partial charge in [0.2, 0.25) is 11.6 Å². The van der Waals surface area contributed by atoms with Crippen LogP contribution in [0.1, 0.15) is 26.2 Å². The summed E-state index contributed by atoms with van der Waals surface area (Å²) in [6, 6.07) is 6.99. The first-order valence-corrected chi connectivity index (χ1v) is 6.39. The smallest absolute Gasteiger partial charge is 0.291 e. The third kappa shape index (κ3) is 3.25. The maximum atomic E-state index is 11.8. The summed E-state index contributed by atoms with van der Waals surface area (Å²) in [7, 11) is 0. The van der Waals surface area contributed by atoms with Crippen LogP contribution in [0.4, 0.5) is 5.69 Å². The van der Waals surface area contributed by atoms with E-state index in [1.54, 1.807) is 24.3 Å². The number of aromatic amines is 1. The molecule has 1 aromatic heterocycles. The van der Waals surface area contributed by atoms with E-state index in [0.717, 1.165) is 6.42 Å². The number of ketones is 1. The number of carbonyl (C=O) groups is 2. The van der Waals surface area contributed by atoms with Gasteiger partial charge in [0, 0.05) is 12.0 Å². The largest absolute Gasteiger partial charge is 0.319 e. The van der Waals surface area contributed by atoms with Gasteiger partial charge in [-0.2, -0.15) is 5.21 Å². The molecule has 7 heteroatoms. The number of Topliss-reactive ketones (excluding diaryl/α,β-unsaturated/α-hetero) is 1. The zero-order valence-electron chi connectivity index (χ0n) is 11.1. The molecule has 0 bridgehead atoms. The van der Waals surface area contributed by atoms with Crippen LogP contribution in [-0.2, 0) is 9.59 Å². The van der Waals surface area contributed by atoms with Gasteiger partial charge in [0.15, 0.2) is 0 Å². The second-order valence-electron chi connectivity index (χ2n) is 4.26. The van der Waals surface area contributed by atoms with Crippen molar-refractivity contribution in [2.45, 2.75) is 26.2 Å². The van der Waals surface area contributed by atoms with Crippen LogP contribution in [-0.4, -0.2) is 32.3 Å². The van der Waals surface area contributed by atoms with Crippen molar-refractivity contribution in [3.05, 3.63) is 24.3 Å². The second kappa shape index (κ2) is 6.55. The lowest BCUT2D eigenvalue weighted by atomic mass is 10.1. The molecule has 2 N–H and O–H groups in total. The molecule has 1 heterocycles. The van der Waals surface area contributed by atoms with Crippen LogP contribution in [0, 0.1) is 0 Å². The van der Waals surface area contributed by atoms with E-state index in [9.17, 15) is 9.59 Å². The summed E-state index contributed by atoms with van der Waals surface area (Å²) in [6.07, 6.45) is 1.84. The van der Waals surface area contributed by atoms with Crippen LogP contribution in [0.15, 0.2) is 24.3 Å². The molecule has 2 aromatic rings. The average molecular weight is 273 g/mol. The van der Waals surface area contributed by atoms with Gasteiger partial charge in [0.05, 0.1) is 5.69 Å². The quantitative estimate of drug-likeness (QED) is 0.778. The van der Waals surface area contributed by atoms with Gasteiger partial charge in [-0.05, 0) is 23.8 Å². The van der Waals surface area contributed by atoms with Gasteiger partial charge < -0.3 is 5.32 Å². The van der Waals surface area contributed by atoms with Gasteiger partial charge in [-0.1, -0.05) is 25.5 Å². The summed E-state index contributed by atoms with van der Waals surface area (Å²) >= 11 is 0. The monoisotopic (exact) mass is 273 g/mol. The minimum Gasteiger partial charge on any atom is -0.319 e. The molecule has 0 aliphatic carbocycles. The van der Waals surface area contributed by atoms with Gasteiger partial charge in [0.25, 0.3) is 5.91 Å². The number of anilines is 1. The van der Waals surface area contributed by atoms with E-state index in [4.69, 9.17) is 0 Å². The van der Waals surface area contributed by atoms with E-state index in [1.165, 1.54) is 0 Å². The third-order valence-corrected chi connectivity index (χ3v) is 2.77. The number of hydrogen-bond donors (Lipinski definition) is 2. The van der Waals surface area contributed by atoms with E-state index in [1.807, 2.05) is 6.92 Å². The zero-order valence-corrected chi connectivity index (χ0v) is 11.1. The molecular weight excluding hydrogens is 258 g/mol. The Morgan fingerprint density at radius 1 is 1.30 bits per heavy atom. The van der Waals surface area contributed by atoms with E-state index < -0.39 is 11.7 Å². The molecule has 1 aromatic carbocycles. The molecule has 0 fully saturated rings. The van der Waals surface area contributed by atoms with E-state index in [-0.39, 0.29) is 6.42 Å². The van der Waals surface area contributed by atoms with Crippen LogP contribution in [0.2, 0.25) is 0 Å². The maximum absolute atomic E-state index is 11.8. The topological polar surface area (TPSA) is 101 Å². The van der Waals surface area contributed by atoms with E-state index in [0.29, 0.717) is 23.5 Å². The Morgan fingerprint density at radius 2 is 2.10 bits per heavy atom. The number of H-pyrrole nitrogens is 1. The highest BCUT2D eigenvalue weighted by Crippen LogP contribution is 2.23. The molecule has 0 aliphatic heterocycles. The highest BCUT2D eigenvalue weighted by Gasteiger charge is 2.16. The Kier molecular flexibility index (Phi) is 4.54. The Balaban J connectivity index is 2.14. The molecule has 0 atom stereocenters. The summed E-state index contributed by atoms with van der Waals surface area (Å²) in [5.41, 5.74) is 1.10. The molecule has 0 saturated carbocycles. The average Bonchev–Trinajstić information content (AvgIpc) is 2.99. The van der Waals surface area contributed by atoms with Crippen LogP contribution in [0.5, 0.6) is 0 Å². The number of amides is 1. The summed E-state index contributed by atoms with van der Waals surface area (Å²) in [5, 5.41) is 16.2. The van der Waals surface area contributed by atoms with E-state index >= 15 is 0 Å². The Hall–Kier alpha value is -2.57. The molecular formula is C13H15N5O2. The second-order valence-corrected chi connectivity index (χ2v) is 4.26. The highest BCUT2D eigenvalue weighted by molar-refractivity contribution is 6.40. The molecule has 104 valence electrons. The number of benzene rings is 1. The molecule has 20 heavy (non-hydrogen) atoms. The molecule has 2 rings (SSSR count). The van der Waals surface area contributed by atoms with Crippen molar-refractivity contribution >= 4 is 17.4 Å². The van der Waals surface area contributed by atoms with Crippen LogP contribution >= 0.6 is 0 Å². The summed E-state index contributed by atoms with van der Waals surface area (Å²) in [6.45, 7) is 1.97. The fourth-order valence-corrected chi connectivity index (χ4v) is 1.71. The Labute approximate surface area is 115 Å². The van der Waals surface area contributed by atoms with Crippen molar-refractivity contribution in [3.63, 3.8) is 0 Å². The van der Waals surface area contributed by atoms with E-state index in [2.05, 4.69) is 25.9 Å². The number of para-hydroxylation sites is 1. The molecule has 0 spiro atoms. The Bertz CT molecular complexity index is 595. The molecule has 0 unspecified atom stereocenters. The SMILES string of the molecule is CCCCC(=O)C(=O)Nc1ccccc1-c1nn[nH]n1. The van der Waals surface area contributed by atoms with Crippen molar-refractivity contribution in [3.8, 4) is 11.4 Å². The first-order valence-electron chi connectivity index (χ1n) is 6.39. The molecule has 0 aliphatic rings. The van der Waals surface area contributed by atoms with Gasteiger partial charge in [-0.15, -0.1) is 10.2 Å². The van der Waals surface area contributed by atoms with Crippen molar-refractivity contribution in [1.82, 2.24) is 20.6 Å². The fourth-order valence-electron chi connectivity index (χ4n) is 1.71. The molecule has 7 nitrogen and oxygen atoms in total. The zero-order chi connectivity index (χ0) is 14.4. The summed E-state index contributed by atoms with van der Waals surface area (Å²) in [5.74, 6) is -0.675. The minimum absolute atomic E-state index is 0.257. The van der Waals surface area contributed by atoms with Crippen molar-refractivity contribution in [2.75, 3.05) is 5.32 Å². The van der Waals surface area contributed by atoms with Crippen molar-refractivity contribution in [2.24, 2.45) is 0 Å². The number of rotatable bonds is 6. The standard InChI is InChI=1S/C13H15N5O2/c1-2-3-8-11(19)13(20)14-10-7-5-4-6-9(10)12-15-17-18-16-12/h4-7H,2-3,8H2,1H3,(H,14,20)(H,15,16,17,18). The number of tetrazole rings is 1. The normalized spacial score (nSPS) is 10.2. The number of carbonyl (C=O) groups excluding carboxylic acids is 2. The lowest BCUT2D eigenvalue weighted by molar-refractivity contribution is -0.134. The van der Waals surface area contributed by atoms with Gasteiger partial charge in [0.1, 0.15) is 0 Å². The maximum Gasteiger partial charge on any atom is 0.291 e.